The van der Waals surface area contributed by atoms with Crippen molar-refractivity contribution in [2.75, 3.05) is 13.2 Å². The molecule has 0 heterocycles. The Morgan fingerprint density at radius 1 is 0.418 bits per heavy atom. The van der Waals surface area contributed by atoms with E-state index in [4.69, 9.17) is 4.74 Å². The fraction of sp³-hybridized carbons (Fsp3) is 0.836. The zero-order chi connectivity index (χ0) is 48.6. The molecule has 67 heavy (non-hydrogen) atoms. The summed E-state index contributed by atoms with van der Waals surface area (Å²) in [5, 5.41) is 23.1. The second-order valence-corrected chi connectivity index (χ2v) is 20.0. The molecular weight excluding hydrogens is 827 g/mol. The molecule has 0 aromatic carbocycles. The lowest BCUT2D eigenvalue weighted by molar-refractivity contribution is -0.143. The lowest BCUT2D eigenvalue weighted by Gasteiger charge is -2.20. The molecule has 0 radical (unpaired) electrons. The van der Waals surface area contributed by atoms with E-state index in [9.17, 15) is 19.8 Å². The van der Waals surface area contributed by atoms with Crippen LogP contribution in [0.5, 0.6) is 0 Å². The fourth-order valence-electron chi connectivity index (χ4n) is 8.82. The normalized spacial score (nSPS) is 13.0. The first-order valence-corrected chi connectivity index (χ1v) is 29.4. The zero-order valence-electron chi connectivity index (χ0n) is 44.6. The third-order valence-corrected chi connectivity index (χ3v) is 13.3. The maximum atomic E-state index is 12.5. The predicted molar refractivity (Wildman–Crippen MR) is 292 cm³/mol. The van der Waals surface area contributed by atoms with E-state index in [1.165, 1.54) is 225 Å². The molecule has 2 unspecified atom stereocenters. The summed E-state index contributed by atoms with van der Waals surface area (Å²) in [6.07, 6.45) is 71.5. The van der Waals surface area contributed by atoms with Gasteiger partial charge in [-0.1, -0.05) is 262 Å². The molecule has 392 valence electrons. The summed E-state index contributed by atoms with van der Waals surface area (Å²) in [6, 6.07) is -0.633. The maximum Gasteiger partial charge on any atom is 0.305 e. The molecule has 0 saturated carbocycles. The molecule has 0 rings (SSSR count). The minimum atomic E-state index is -0.849. The van der Waals surface area contributed by atoms with Gasteiger partial charge in [-0.3, -0.25) is 9.59 Å². The van der Waals surface area contributed by atoms with Crippen molar-refractivity contribution in [3.63, 3.8) is 0 Å². The van der Waals surface area contributed by atoms with Gasteiger partial charge in [-0.05, 0) is 77.0 Å². The molecule has 0 aromatic rings. The second-order valence-electron chi connectivity index (χ2n) is 20.0. The standard InChI is InChI=1S/C61H113NO5/c1-3-5-7-9-11-13-15-17-18-24-27-30-33-37-41-45-49-53-59(64)58(57-63)62-60(65)54-50-46-42-38-34-31-28-25-22-20-19-21-23-26-29-32-36-40-44-48-52-56-67-61(66)55-51-47-43-39-35-16-14-12-10-8-6-4-2/h12,14,32,36,44,48-49,53,58-59,63-64H,3-11,13,15-31,33-35,37-43,45-47,50-52,54-57H2,1-2H3,(H,62,65)/b14-12-,36-32-,48-44-,53-49+. The predicted octanol–water partition coefficient (Wildman–Crippen LogP) is 18.2. The third-order valence-electron chi connectivity index (χ3n) is 13.3. The molecule has 0 bridgehead atoms. The second kappa shape index (κ2) is 56.4. The Bertz CT molecular complexity index is 1130. The average Bonchev–Trinajstić information content (AvgIpc) is 3.33. The van der Waals surface area contributed by atoms with Crippen LogP contribution < -0.4 is 5.32 Å². The van der Waals surface area contributed by atoms with Crippen molar-refractivity contribution in [3.8, 4) is 0 Å². The number of ether oxygens (including phenoxy) is 1. The average molecular weight is 941 g/mol. The first-order valence-electron chi connectivity index (χ1n) is 29.4. The Kier molecular flexibility index (Phi) is 54.6. The van der Waals surface area contributed by atoms with Gasteiger partial charge in [0, 0.05) is 12.8 Å². The number of carbonyl (C=O) groups is 2. The Balaban J connectivity index is 3.50. The first kappa shape index (κ1) is 64.8. The van der Waals surface area contributed by atoms with Crippen LogP contribution in [0.4, 0.5) is 0 Å². The topological polar surface area (TPSA) is 95.9 Å². The molecule has 2 atom stereocenters. The zero-order valence-corrected chi connectivity index (χ0v) is 44.6. The number of aliphatic hydroxyl groups is 2. The van der Waals surface area contributed by atoms with Crippen LogP contribution >= 0.6 is 0 Å². The van der Waals surface area contributed by atoms with E-state index >= 15 is 0 Å². The molecule has 3 N–H and O–H groups in total. The SMILES string of the molecule is CCCCC/C=C\CCCCCCCC(=O)OCC/C=C\C/C=C\CCCCCCCCCCCCCCCCC(=O)NC(CO)C(O)/C=C/CCCCCCCCCCCCCCCCC. The quantitative estimate of drug-likeness (QED) is 0.0321. The molecule has 0 aromatic heterocycles. The van der Waals surface area contributed by atoms with Gasteiger partial charge in [0.2, 0.25) is 5.91 Å². The van der Waals surface area contributed by atoms with Crippen LogP contribution in [0.25, 0.3) is 0 Å². The smallest absolute Gasteiger partial charge is 0.305 e. The fourth-order valence-corrected chi connectivity index (χ4v) is 8.82. The molecule has 0 aliphatic carbocycles. The number of unbranched alkanes of at least 4 members (excludes halogenated alkanes) is 37. The summed E-state index contributed by atoms with van der Waals surface area (Å²) < 4.78 is 5.39. The number of allylic oxidation sites excluding steroid dienone is 6. The maximum absolute atomic E-state index is 12.5. The minimum absolute atomic E-state index is 0.0464. The van der Waals surface area contributed by atoms with E-state index in [2.05, 4.69) is 55.6 Å². The van der Waals surface area contributed by atoms with Crippen molar-refractivity contribution >= 4 is 11.9 Å². The Labute approximate surface area is 416 Å². The number of esters is 1. The largest absolute Gasteiger partial charge is 0.465 e. The number of nitrogens with one attached hydrogen (secondary N) is 1. The van der Waals surface area contributed by atoms with Gasteiger partial charge < -0.3 is 20.3 Å². The van der Waals surface area contributed by atoms with Crippen molar-refractivity contribution in [2.24, 2.45) is 0 Å². The van der Waals surface area contributed by atoms with E-state index < -0.39 is 12.1 Å². The van der Waals surface area contributed by atoms with Gasteiger partial charge >= 0.3 is 5.97 Å². The van der Waals surface area contributed by atoms with Gasteiger partial charge in [-0.25, -0.2) is 0 Å². The first-order chi connectivity index (χ1) is 33.0. The number of hydrogen-bond donors (Lipinski definition) is 3. The summed E-state index contributed by atoms with van der Waals surface area (Å²) in [5.41, 5.74) is 0. The van der Waals surface area contributed by atoms with E-state index in [-0.39, 0.29) is 18.5 Å². The van der Waals surface area contributed by atoms with E-state index in [1.807, 2.05) is 6.08 Å². The molecule has 6 heteroatoms. The molecule has 0 aliphatic rings. The molecule has 0 saturated heterocycles. The summed E-state index contributed by atoms with van der Waals surface area (Å²) in [4.78, 5) is 24.4. The van der Waals surface area contributed by atoms with Crippen molar-refractivity contribution in [1.82, 2.24) is 5.32 Å². The van der Waals surface area contributed by atoms with Gasteiger partial charge in [0.15, 0.2) is 0 Å². The van der Waals surface area contributed by atoms with Crippen LogP contribution in [0, 0.1) is 0 Å². The summed E-state index contributed by atoms with van der Waals surface area (Å²) in [5.74, 6) is -0.118. The van der Waals surface area contributed by atoms with Gasteiger partial charge in [0.05, 0.1) is 25.4 Å². The van der Waals surface area contributed by atoms with Crippen molar-refractivity contribution in [3.05, 3.63) is 48.6 Å². The van der Waals surface area contributed by atoms with Crippen LogP contribution in [0.1, 0.15) is 303 Å². The number of hydrogen-bond acceptors (Lipinski definition) is 5. The van der Waals surface area contributed by atoms with Crippen LogP contribution in [-0.2, 0) is 14.3 Å². The number of rotatable bonds is 54. The highest BCUT2D eigenvalue weighted by Gasteiger charge is 2.18. The number of carbonyl (C=O) groups excluding carboxylic acids is 2. The highest BCUT2D eigenvalue weighted by atomic mass is 16.5. The van der Waals surface area contributed by atoms with E-state index in [0.717, 1.165) is 51.4 Å². The Morgan fingerprint density at radius 2 is 0.746 bits per heavy atom. The minimum Gasteiger partial charge on any atom is -0.465 e. The lowest BCUT2D eigenvalue weighted by atomic mass is 10.0. The van der Waals surface area contributed by atoms with Crippen LogP contribution in [0.3, 0.4) is 0 Å². The van der Waals surface area contributed by atoms with Crippen LogP contribution in [-0.4, -0.2) is 47.4 Å². The van der Waals surface area contributed by atoms with Crippen molar-refractivity contribution < 1.29 is 24.5 Å². The van der Waals surface area contributed by atoms with Gasteiger partial charge in [0.1, 0.15) is 0 Å². The number of amides is 1. The molecular formula is C61H113NO5. The molecule has 0 fully saturated rings. The lowest BCUT2D eigenvalue weighted by Crippen LogP contribution is -2.45. The Morgan fingerprint density at radius 3 is 1.18 bits per heavy atom. The third kappa shape index (κ3) is 53.0. The van der Waals surface area contributed by atoms with E-state index in [1.54, 1.807) is 6.08 Å². The van der Waals surface area contributed by atoms with Gasteiger partial charge in [-0.2, -0.15) is 0 Å². The summed E-state index contributed by atoms with van der Waals surface area (Å²) >= 11 is 0. The summed E-state index contributed by atoms with van der Waals surface area (Å²) in [7, 11) is 0. The molecule has 0 spiro atoms. The molecule has 6 nitrogen and oxygen atoms in total. The summed E-state index contributed by atoms with van der Waals surface area (Å²) in [6.45, 7) is 4.77. The Hall–Kier alpha value is -2.18. The molecule has 1 amide bonds. The van der Waals surface area contributed by atoms with Gasteiger partial charge in [-0.15, -0.1) is 0 Å². The highest BCUT2D eigenvalue weighted by molar-refractivity contribution is 5.76. The van der Waals surface area contributed by atoms with Crippen molar-refractivity contribution in [2.45, 2.75) is 315 Å². The monoisotopic (exact) mass is 940 g/mol. The van der Waals surface area contributed by atoms with Crippen molar-refractivity contribution in [1.29, 1.82) is 0 Å². The van der Waals surface area contributed by atoms with E-state index in [0.29, 0.717) is 19.4 Å². The van der Waals surface area contributed by atoms with Crippen LogP contribution in [0.15, 0.2) is 48.6 Å². The van der Waals surface area contributed by atoms with Crippen LogP contribution in [0.2, 0.25) is 0 Å². The highest BCUT2D eigenvalue weighted by Crippen LogP contribution is 2.16. The number of aliphatic hydroxyl groups excluding tert-OH is 2. The van der Waals surface area contributed by atoms with Gasteiger partial charge in [0.25, 0.3) is 0 Å². The molecule has 0 aliphatic heterocycles.